The number of benzene rings is 1. The summed E-state index contributed by atoms with van der Waals surface area (Å²) in [5.74, 6) is -0.194. The monoisotopic (exact) mass is 478 g/mol. The minimum atomic E-state index is -3.78. The maximum Gasteiger partial charge on any atom is 0.322 e. The molecule has 0 spiro atoms. The fourth-order valence-corrected chi connectivity index (χ4v) is 5.81. The van der Waals surface area contributed by atoms with Crippen molar-refractivity contribution in [3.05, 3.63) is 34.2 Å². The van der Waals surface area contributed by atoms with Crippen LogP contribution in [0.4, 0.5) is 17.4 Å². The molecule has 2 aliphatic heterocycles. The van der Waals surface area contributed by atoms with Gasteiger partial charge in [-0.2, -0.15) is 4.31 Å². The van der Waals surface area contributed by atoms with Crippen LogP contribution in [0, 0.1) is 23.0 Å². The van der Waals surface area contributed by atoms with Crippen molar-refractivity contribution in [1.29, 1.82) is 0 Å². The molecule has 2 aromatic rings. The van der Waals surface area contributed by atoms with Gasteiger partial charge in [-0.3, -0.25) is 20.2 Å². The first-order chi connectivity index (χ1) is 15.8. The molecule has 0 atom stereocenters. The van der Waals surface area contributed by atoms with Crippen LogP contribution in [0.2, 0.25) is 0 Å². The number of aromatic nitrogens is 2. The Morgan fingerprint density at radius 3 is 2.45 bits per heavy atom. The van der Waals surface area contributed by atoms with E-state index >= 15 is 0 Å². The van der Waals surface area contributed by atoms with Crippen LogP contribution in [-0.4, -0.2) is 59.9 Å². The Morgan fingerprint density at radius 2 is 1.85 bits per heavy atom. The van der Waals surface area contributed by atoms with Gasteiger partial charge in [0.05, 0.1) is 9.82 Å². The number of nitro groups is 1. The molecule has 0 saturated carbocycles. The Labute approximate surface area is 191 Å². The molecule has 1 amide bonds. The molecule has 0 radical (unpaired) electrons. The third-order valence-electron chi connectivity index (χ3n) is 6.06. The van der Waals surface area contributed by atoms with Gasteiger partial charge in [0.2, 0.25) is 21.8 Å². The molecular formula is C20H26N6O6S. The highest BCUT2D eigenvalue weighted by atomic mass is 32.2. The predicted octanol–water partition coefficient (Wildman–Crippen LogP) is 2.32. The number of hydrogen-bond acceptors (Lipinski definition) is 9. The molecule has 2 fully saturated rings. The highest BCUT2D eigenvalue weighted by molar-refractivity contribution is 7.89. The number of piperidine rings is 2. The quantitative estimate of drug-likeness (QED) is 0.487. The van der Waals surface area contributed by atoms with E-state index in [0.29, 0.717) is 50.6 Å². The summed E-state index contributed by atoms with van der Waals surface area (Å²) in [6, 6.07) is 4.12. The van der Waals surface area contributed by atoms with Crippen LogP contribution in [-0.2, 0) is 14.8 Å². The number of rotatable bonds is 6. The number of amides is 1. The number of hydrogen-bond donors (Lipinski definition) is 1. The minimum Gasteiger partial charge on any atom is -0.408 e. The van der Waals surface area contributed by atoms with Crippen molar-refractivity contribution in [3.63, 3.8) is 0 Å². The molecular weight excluding hydrogens is 452 g/mol. The molecule has 4 rings (SSSR count). The topological polar surface area (TPSA) is 152 Å². The summed E-state index contributed by atoms with van der Waals surface area (Å²) < 4.78 is 32.5. The number of nitro benzene ring substituents is 1. The molecule has 1 N–H and O–H groups in total. The molecule has 3 heterocycles. The second-order valence-corrected chi connectivity index (χ2v) is 10.2. The second kappa shape index (κ2) is 9.43. The number of sulfonamides is 1. The van der Waals surface area contributed by atoms with E-state index in [1.54, 1.807) is 6.92 Å². The maximum absolute atomic E-state index is 12.9. The minimum absolute atomic E-state index is 0.0427. The molecule has 1 aromatic carbocycles. The van der Waals surface area contributed by atoms with Crippen molar-refractivity contribution >= 4 is 33.3 Å². The summed E-state index contributed by atoms with van der Waals surface area (Å²) in [5.41, 5.74) is 0.0984. The first kappa shape index (κ1) is 23.1. The smallest absolute Gasteiger partial charge is 0.322 e. The Balaban J connectivity index is 1.46. The third-order valence-corrected chi connectivity index (χ3v) is 7.95. The lowest BCUT2D eigenvalue weighted by molar-refractivity contribution is -0.384. The first-order valence-electron chi connectivity index (χ1n) is 10.9. The summed E-state index contributed by atoms with van der Waals surface area (Å²) >= 11 is 0. The van der Waals surface area contributed by atoms with E-state index < -0.39 is 14.9 Å². The summed E-state index contributed by atoms with van der Waals surface area (Å²) in [5, 5.41) is 21.8. The summed E-state index contributed by atoms with van der Waals surface area (Å²) in [6.45, 7) is 3.31. The van der Waals surface area contributed by atoms with Gasteiger partial charge in [-0.05, 0) is 37.8 Å². The van der Waals surface area contributed by atoms with Crippen molar-refractivity contribution in [2.45, 2.75) is 43.9 Å². The van der Waals surface area contributed by atoms with Crippen LogP contribution in [0.25, 0.3) is 0 Å². The molecule has 0 bridgehead atoms. The third kappa shape index (κ3) is 4.98. The Hall–Kier alpha value is -3.06. The molecule has 33 heavy (non-hydrogen) atoms. The van der Waals surface area contributed by atoms with E-state index in [1.165, 1.54) is 16.4 Å². The van der Waals surface area contributed by atoms with Crippen molar-refractivity contribution in [1.82, 2.24) is 14.5 Å². The fraction of sp³-hybridized carbons (Fsp3) is 0.550. The van der Waals surface area contributed by atoms with Crippen LogP contribution in [0.5, 0.6) is 0 Å². The molecule has 178 valence electrons. The zero-order valence-electron chi connectivity index (χ0n) is 18.3. The lowest BCUT2D eigenvalue weighted by atomic mass is 9.95. The largest absolute Gasteiger partial charge is 0.408 e. The van der Waals surface area contributed by atoms with Crippen LogP contribution < -0.4 is 10.2 Å². The Morgan fingerprint density at radius 1 is 1.15 bits per heavy atom. The number of nitrogens with zero attached hydrogens (tertiary/aromatic N) is 5. The van der Waals surface area contributed by atoms with Gasteiger partial charge in [-0.15, -0.1) is 5.10 Å². The van der Waals surface area contributed by atoms with Crippen LogP contribution in [0.15, 0.2) is 27.5 Å². The Bertz CT molecular complexity index is 1140. The van der Waals surface area contributed by atoms with Gasteiger partial charge in [-0.25, -0.2) is 8.42 Å². The van der Waals surface area contributed by atoms with E-state index in [4.69, 9.17) is 4.42 Å². The van der Waals surface area contributed by atoms with Gasteiger partial charge in [0, 0.05) is 45.1 Å². The SMILES string of the molecule is Cc1nnc(NC(=O)C2CCN(c3ccc(S(=O)(=O)N4CCCCC4)cc3[N+](=O)[O-])CC2)o1. The van der Waals surface area contributed by atoms with E-state index in [2.05, 4.69) is 15.5 Å². The molecule has 2 aliphatic rings. The van der Waals surface area contributed by atoms with Gasteiger partial charge in [0.25, 0.3) is 5.69 Å². The van der Waals surface area contributed by atoms with Crippen LogP contribution in [0.3, 0.4) is 0 Å². The molecule has 0 unspecified atom stereocenters. The van der Waals surface area contributed by atoms with Gasteiger partial charge in [0.15, 0.2) is 0 Å². The first-order valence-corrected chi connectivity index (χ1v) is 12.3. The van der Waals surface area contributed by atoms with Crippen LogP contribution in [0.1, 0.15) is 38.0 Å². The number of nitrogens with one attached hydrogen (secondary N) is 1. The van der Waals surface area contributed by atoms with Crippen LogP contribution >= 0.6 is 0 Å². The number of carbonyl (C=O) groups is 1. The van der Waals surface area contributed by atoms with Gasteiger partial charge in [0.1, 0.15) is 5.69 Å². The lowest BCUT2D eigenvalue weighted by Crippen LogP contribution is -2.38. The lowest BCUT2D eigenvalue weighted by Gasteiger charge is -2.32. The zero-order chi connectivity index (χ0) is 23.6. The fourth-order valence-electron chi connectivity index (χ4n) is 4.27. The van der Waals surface area contributed by atoms with Gasteiger partial charge in [-0.1, -0.05) is 11.5 Å². The van der Waals surface area contributed by atoms with Crippen molar-refractivity contribution in [2.75, 3.05) is 36.4 Å². The zero-order valence-corrected chi connectivity index (χ0v) is 19.1. The summed E-state index contributed by atoms with van der Waals surface area (Å²) in [6.07, 6.45) is 3.50. The summed E-state index contributed by atoms with van der Waals surface area (Å²) in [4.78, 5) is 25.4. The number of carbonyl (C=O) groups excluding carboxylic acids is 1. The highest BCUT2D eigenvalue weighted by Crippen LogP contribution is 2.35. The summed E-state index contributed by atoms with van der Waals surface area (Å²) in [7, 11) is -3.78. The number of anilines is 2. The normalized spacial score (nSPS) is 18.3. The maximum atomic E-state index is 12.9. The van der Waals surface area contributed by atoms with Crippen molar-refractivity contribution in [3.8, 4) is 0 Å². The molecule has 12 nitrogen and oxygen atoms in total. The van der Waals surface area contributed by atoms with E-state index in [1.807, 2.05) is 4.90 Å². The standard InChI is InChI=1S/C20H26N6O6S/c1-14-22-23-20(32-14)21-19(27)15-7-11-24(12-8-15)17-6-5-16(13-18(17)26(28)29)33(30,31)25-9-3-2-4-10-25/h5-6,13,15H,2-4,7-12H2,1H3,(H,21,23,27). The molecule has 0 aliphatic carbocycles. The average molecular weight is 479 g/mol. The van der Waals surface area contributed by atoms with E-state index in [9.17, 15) is 23.3 Å². The predicted molar refractivity (Wildman–Crippen MR) is 118 cm³/mol. The van der Waals surface area contributed by atoms with Crippen molar-refractivity contribution < 1.29 is 22.6 Å². The second-order valence-electron chi connectivity index (χ2n) is 8.25. The average Bonchev–Trinajstić information content (AvgIpc) is 3.23. The molecule has 13 heteroatoms. The highest BCUT2D eigenvalue weighted by Gasteiger charge is 2.32. The Kier molecular flexibility index (Phi) is 6.61. The van der Waals surface area contributed by atoms with Crippen molar-refractivity contribution in [2.24, 2.45) is 5.92 Å². The molecule has 2 saturated heterocycles. The molecule has 1 aromatic heterocycles. The number of aryl methyl sites for hydroxylation is 1. The van der Waals surface area contributed by atoms with Gasteiger partial charge >= 0.3 is 6.01 Å². The van der Waals surface area contributed by atoms with E-state index in [-0.39, 0.29) is 28.4 Å². The van der Waals surface area contributed by atoms with E-state index in [0.717, 1.165) is 25.3 Å². The van der Waals surface area contributed by atoms with Gasteiger partial charge < -0.3 is 9.32 Å².